The predicted molar refractivity (Wildman–Crippen MR) is 79.8 cm³/mol. The zero-order valence-electron chi connectivity index (χ0n) is 10.9. The smallest absolute Gasteiger partial charge is 0.224 e. The summed E-state index contributed by atoms with van der Waals surface area (Å²) in [5.41, 5.74) is 0.662. The number of thioether (sulfide) groups is 1. The van der Waals surface area contributed by atoms with Crippen LogP contribution in [0, 0.1) is 0 Å². The maximum absolute atomic E-state index is 11.9. The van der Waals surface area contributed by atoms with Crippen molar-refractivity contribution in [2.45, 2.75) is 18.4 Å². The molecular weight excluding hydrogens is 282 g/mol. The third-order valence-corrected chi connectivity index (χ3v) is 5.01. The van der Waals surface area contributed by atoms with Gasteiger partial charge in [0.05, 0.1) is 12.0 Å². The van der Waals surface area contributed by atoms with E-state index in [4.69, 9.17) is 16.3 Å². The first kappa shape index (κ1) is 14.7. The van der Waals surface area contributed by atoms with Crippen molar-refractivity contribution in [2.75, 3.05) is 25.2 Å². The summed E-state index contributed by atoms with van der Waals surface area (Å²) in [6.07, 6.45) is 1.30. The van der Waals surface area contributed by atoms with Crippen molar-refractivity contribution in [3.8, 4) is 0 Å². The Labute approximate surface area is 123 Å². The van der Waals surface area contributed by atoms with Gasteiger partial charge in [-0.1, -0.05) is 29.8 Å². The van der Waals surface area contributed by atoms with Crippen LogP contribution in [0.5, 0.6) is 0 Å². The highest BCUT2D eigenvalue weighted by Gasteiger charge is 2.34. The van der Waals surface area contributed by atoms with Crippen LogP contribution in [0.25, 0.3) is 0 Å². The molecule has 104 valence electrons. The zero-order chi connectivity index (χ0) is 13.7. The lowest BCUT2D eigenvalue weighted by Gasteiger charge is -2.26. The van der Waals surface area contributed by atoms with E-state index in [2.05, 4.69) is 5.32 Å². The highest BCUT2D eigenvalue weighted by Crippen LogP contribution is 2.30. The van der Waals surface area contributed by atoms with Crippen LogP contribution >= 0.6 is 23.4 Å². The first-order valence-corrected chi connectivity index (χ1v) is 7.81. The molecule has 1 unspecified atom stereocenters. The topological polar surface area (TPSA) is 38.3 Å². The monoisotopic (exact) mass is 299 g/mol. The normalized spacial score (nSPS) is 22.4. The molecule has 1 saturated heterocycles. The van der Waals surface area contributed by atoms with Crippen LogP contribution in [0.3, 0.4) is 0 Å². The Morgan fingerprint density at radius 3 is 2.95 bits per heavy atom. The van der Waals surface area contributed by atoms with Gasteiger partial charge in [-0.25, -0.2) is 0 Å². The lowest BCUT2D eigenvalue weighted by molar-refractivity contribution is -0.121. The molecule has 1 heterocycles. The third-order valence-electron chi connectivity index (χ3n) is 3.42. The van der Waals surface area contributed by atoms with Crippen LogP contribution in [-0.4, -0.2) is 36.7 Å². The second-order valence-corrected chi connectivity index (χ2v) is 6.25. The number of benzene rings is 1. The summed E-state index contributed by atoms with van der Waals surface area (Å²) in [6.45, 7) is 0.569. The van der Waals surface area contributed by atoms with Crippen LogP contribution in [0.4, 0.5) is 0 Å². The molecule has 1 aliphatic heterocycles. The van der Waals surface area contributed by atoms with Gasteiger partial charge in [-0.15, -0.1) is 0 Å². The van der Waals surface area contributed by atoms with Crippen LogP contribution in [0.2, 0.25) is 5.02 Å². The summed E-state index contributed by atoms with van der Waals surface area (Å²) in [5, 5.41) is 3.59. The molecule has 1 amide bonds. The number of carbonyl (C=O) groups excluding carboxylic acids is 1. The van der Waals surface area contributed by atoms with Crippen molar-refractivity contribution in [1.29, 1.82) is 0 Å². The molecule has 2 rings (SSSR count). The van der Waals surface area contributed by atoms with E-state index in [1.165, 1.54) is 0 Å². The molecule has 3 nitrogen and oxygen atoms in total. The fraction of sp³-hybridized carbons (Fsp3) is 0.500. The number of hydrogen-bond donors (Lipinski definition) is 1. The number of amides is 1. The fourth-order valence-electron chi connectivity index (χ4n) is 2.10. The fourth-order valence-corrected chi connectivity index (χ4v) is 3.70. The first-order chi connectivity index (χ1) is 9.15. The highest BCUT2D eigenvalue weighted by atomic mass is 35.5. The van der Waals surface area contributed by atoms with E-state index in [1.807, 2.05) is 30.0 Å². The number of hydrogen-bond acceptors (Lipinski definition) is 3. The molecular formula is C14H18ClNO2S. The predicted octanol–water partition coefficient (Wildman–Crippen LogP) is 2.52. The molecule has 19 heavy (non-hydrogen) atoms. The average Bonchev–Trinajstić information content (AvgIpc) is 2.89. The summed E-state index contributed by atoms with van der Waals surface area (Å²) < 4.78 is 5.56. The molecule has 0 aliphatic carbocycles. The van der Waals surface area contributed by atoms with Gasteiger partial charge in [-0.3, -0.25) is 4.79 Å². The minimum Gasteiger partial charge on any atom is -0.376 e. The Balaban J connectivity index is 1.86. The van der Waals surface area contributed by atoms with Crippen molar-refractivity contribution in [2.24, 2.45) is 0 Å². The Kier molecular flexibility index (Phi) is 5.13. The van der Waals surface area contributed by atoms with Crippen molar-refractivity contribution in [1.82, 2.24) is 5.32 Å². The molecule has 0 aromatic heterocycles. The Bertz CT molecular complexity index is 447. The van der Waals surface area contributed by atoms with E-state index in [1.54, 1.807) is 13.2 Å². The summed E-state index contributed by atoms with van der Waals surface area (Å²) in [6, 6.07) is 7.42. The Morgan fingerprint density at radius 2 is 2.32 bits per heavy atom. The van der Waals surface area contributed by atoms with E-state index in [9.17, 15) is 4.79 Å². The highest BCUT2D eigenvalue weighted by molar-refractivity contribution is 7.99. The van der Waals surface area contributed by atoms with E-state index >= 15 is 0 Å². The standard InChI is InChI=1S/C14H18ClNO2S/c1-18-14(6-7-19-10-14)9-16-13(17)8-11-4-2-3-5-12(11)15/h2-5H,6-10H2,1H3,(H,16,17). The Hall–Kier alpha value is -0.710. The molecule has 1 aromatic carbocycles. The molecule has 0 spiro atoms. The molecule has 1 aliphatic rings. The van der Waals surface area contributed by atoms with Crippen molar-refractivity contribution in [3.05, 3.63) is 34.9 Å². The van der Waals surface area contributed by atoms with Crippen molar-refractivity contribution in [3.63, 3.8) is 0 Å². The van der Waals surface area contributed by atoms with Crippen LogP contribution in [0.15, 0.2) is 24.3 Å². The maximum atomic E-state index is 11.9. The van der Waals surface area contributed by atoms with Gasteiger partial charge in [0.15, 0.2) is 0 Å². The lowest BCUT2D eigenvalue weighted by atomic mass is 10.0. The quantitative estimate of drug-likeness (QED) is 0.908. The summed E-state index contributed by atoms with van der Waals surface area (Å²) in [5.74, 6) is 2.02. The number of halogens is 1. The number of ether oxygens (including phenoxy) is 1. The van der Waals surface area contributed by atoms with E-state index < -0.39 is 0 Å². The van der Waals surface area contributed by atoms with E-state index in [0.717, 1.165) is 23.5 Å². The van der Waals surface area contributed by atoms with Gasteiger partial charge in [0.2, 0.25) is 5.91 Å². The van der Waals surface area contributed by atoms with Gasteiger partial charge < -0.3 is 10.1 Å². The van der Waals surface area contributed by atoms with Gasteiger partial charge in [0.25, 0.3) is 0 Å². The van der Waals surface area contributed by atoms with Crippen LogP contribution in [0.1, 0.15) is 12.0 Å². The molecule has 0 bridgehead atoms. The van der Waals surface area contributed by atoms with Gasteiger partial charge in [0, 0.05) is 24.4 Å². The van der Waals surface area contributed by atoms with Gasteiger partial charge in [-0.05, 0) is 23.8 Å². The summed E-state index contributed by atoms with van der Waals surface area (Å²) >= 11 is 7.91. The molecule has 5 heteroatoms. The minimum absolute atomic E-state index is 0.0126. The van der Waals surface area contributed by atoms with Gasteiger partial charge >= 0.3 is 0 Å². The number of nitrogens with one attached hydrogen (secondary N) is 1. The number of carbonyl (C=O) groups is 1. The van der Waals surface area contributed by atoms with Crippen molar-refractivity contribution >= 4 is 29.3 Å². The van der Waals surface area contributed by atoms with Crippen LogP contribution < -0.4 is 5.32 Å². The average molecular weight is 300 g/mol. The largest absolute Gasteiger partial charge is 0.376 e. The van der Waals surface area contributed by atoms with E-state index in [0.29, 0.717) is 18.0 Å². The zero-order valence-corrected chi connectivity index (χ0v) is 12.5. The number of rotatable bonds is 5. The Morgan fingerprint density at radius 1 is 1.53 bits per heavy atom. The molecule has 1 aromatic rings. The maximum Gasteiger partial charge on any atom is 0.224 e. The molecule has 1 atom stereocenters. The SMILES string of the molecule is COC1(CNC(=O)Cc2ccccc2Cl)CCSC1. The van der Waals surface area contributed by atoms with Crippen molar-refractivity contribution < 1.29 is 9.53 Å². The molecule has 1 fully saturated rings. The molecule has 1 N–H and O–H groups in total. The summed E-state index contributed by atoms with van der Waals surface area (Å²) in [7, 11) is 1.71. The second-order valence-electron chi connectivity index (χ2n) is 4.73. The lowest BCUT2D eigenvalue weighted by Crippen LogP contribution is -2.45. The number of methoxy groups -OCH3 is 1. The molecule has 0 saturated carbocycles. The van der Waals surface area contributed by atoms with Gasteiger partial charge in [0.1, 0.15) is 0 Å². The first-order valence-electron chi connectivity index (χ1n) is 6.28. The minimum atomic E-state index is -0.194. The third kappa shape index (κ3) is 3.88. The molecule has 0 radical (unpaired) electrons. The second kappa shape index (κ2) is 6.64. The van der Waals surface area contributed by atoms with E-state index in [-0.39, 0.29) is 11.5 Å². The van der Waals surface area contributed by atoms with Crippen LogP contribution in [-0.2, 0) is 16.0 Å². The van der Waals surface area contributed by atoms with Gasteiger partial charge in [-0.2, -0.15) is 11.8 Å². The summed E-state index contributed by atoms with van der Waals surface area (Å²) in [4.78, 5) is 11.9.